The van der Waals surface area contributed by atoms with E-state index in [2.05, 4.69) is 22.8 Å². The molecule has 2 aliphatic carbocycles. The molecule has 4 atom stereocenters. The molecule has 3 rings (SSSR count). The van der Waals surface area contributed by atoms with Crippen LogP contribution in [-0.2, 0) is 0 Å². The summed E-state index contributed by atoms with van der Waals surface area (Å²) in [6.45, 7) is 1.25. The molecule has 2 nitrogen and oxygen atoms in total. The molecule has 3 aliphatic rings. The number of rotatable bonds is 3. The highest BCUT2D eigenvalue weighted by Crippen LogP contribution is 2.31. The minimum atomic E-state index is 0.752. The second-order valence-corrected chi connectivity index (χ2v) is 6.41. The van der Waals surface area contributed by atoms with Gasteiger partial charge in [-0.25, -0.2) is 0 Å². The maximum absolute atomic E-state index is 3.99. The van der Waals surface area contributed by atoms with Gasteiger partial charge in [0.05, 0.1) is 0 Å². The maximum Gasteiger partial charge on any atom is 0.0113 e. The fourth-order valence-corrected chi connectivity index (χ4v) is 4.17. The van der Waals surface area contributed by atoms with E-state index in [4.69, 9.17) is 0 Å². The van der Waals surface area contributed by atoms with Gasteiger partial charge in [0.2, 0.25) is 0 Å². The minimum absolute atomic E-state index is 0.752. The van der Waals surface area contributed by atoms with Crippen molar-refractivity contribution in [3.8, 4) is 0 Å². The van der Waals surface area contributed by atoms with Gasteiger partial charge in [-0.05, 0) is 57.4 Å². The van der Waals surface area contributed by atoms with Crippen LogP contribution in [0.4, 0.5) is 0 Å². The summed E-state index contributed by atoms with van der Waals surface area (Å²) in [4.78, 5) is 0. The molecule has 1 saturated heterocycles. The van der Waals surface area contributed by atoms with Crippen molar-refractivity contribution in [3.63, 3.8) is 0 Å². The lowest BCUT2D eigenvalue weighted by atomic mass is 9.78. The zero-order valence-electron chi connectivity index (χ0n) is 11.5. The summed E-state index contributed by atoms with van der Waals surface area (Å²) in [6.07, 6.45) is 17.1. The summed E-state index contributed by atoms with van der Waals surface area (Å²) in [5, 5.41) is 7.73. The highest BCUT2D eigenvalue weighted by Gasteiger charge is 2.33. The molecule has 0 spiro atoms. The Kier molecular flexibility index (Phi) is 4.37. The molecule has 2 heteroatoms. The molecule has 0 aromatic carbocycles. The third kappa shape index (κ3) is 2.97. The first kappa shape index (κ1) is 12.7. The van der Waals surface area contributed by atoms with Gasteiger partial charge in [-0.15, -0.1) is 0 Å². The van der Waals surface area contributed by atoms with E-state index in [0.717, 1.165) is 24.0 Å². The van der Waals surface area contributed by atoms with Crippen LogP contribution in [0.5, 0.6) is 0 Å². The van der Waals surface area contributed by atoms with Crippen LogP contribution < -0.4 is 10.6 Å². The van der Waals surface area contributed by atoms with Crippen molar-refractivity contribution in [2.75, 3.05) is 6.54 Å². The highest BCUT2D eigenvalue weighted by atomic mass is 15.0. The standard InChI is InChI=1S/C16H28N2/c1-2-7-13(8-3-1)18-16-10-5-4-9-14(16)15-11-6-12-17-15/h1-2,13-18H,3-12H2. The van der Waals surface area contributed by atoms with E-state index in [1.807, 2.05) is 0 Å². The smallest absolute Gasteiger partial charge is 0.0113 e. The van der Waals surface area contributed by atoms with E-state index in [1.165, 1.54) is 64.3 Å². The summed E-state index contributed by atoms with van der Waals surface area (Å²) in [6, 6.07) is 2.34. The van der Waals surface area contributed by atoms with Crippen molar-refractivity contribution in [1.29, 1.82) is 0 Å². The third-order valence-electron chi connectivity index (χ3n) is 5.15. The lowest BCUT2D eigenvalue weighted by Gasteiger charge is -2.39. The van der Waals surface area contributed by atoms with E-state index in [9.17, 15) is 0 Å². The molecule has 0 aromatic heterocycles. The molecular weight excluding hydrogens is 220 g/mol. The van der Waals surface area contributed by atoms with Crippen molar-refractivity contribution in [2.24, 2.45) is 5.92 Å². The largest absolute Gasteiger partial charge is 0.314 e. The van der Waals surface area contributed by atoms with Crippen LogP contribution in [0.25, 0.3) is 0 Å². The molecule has 0 radical (unpaired) electrons. The number of hydrogen-bond donors (Lipinski definition) is 2. The lowest BCUT2D eigenvalue weighted by Crippen LogP contribution is -2.50. The van der Waals surface area contributed by atoms with E-state index in [-0.39, 0.29) is 0 Å². The van der Waals surface area contributed by atoms with Crippen LogP contribution in [0.2, 0.25) is 0 Å². The van der Waals surface area contributed by atoms with Crippen LogP contribution in [0.1, 0.15) is 57.8 Å². The van der Waals surface area contributed by atoms with Crippen LogP contribution in [0, 0.1) is 5.92 Å². The molecule has 1 saturated carbocycles. The maximum atomic E-state index is 3.99. The molecule has 0 bridgehead atoms. The summed E-state index contributed by atoms with van der Waals surface area (Å²) >= 11 is 0. The molecule has 2 N–H and O–H groups in total. The average Bonchev–Trinajstić information content (AvgIpc) is 2.94. The molecule has 0 amide bonds. The Hall–Kier alpha value is -0.340. The Morgan fingerprint density at radius 3 is 2.67 bits per heavy atom. The molecule has 1 aliphatic heterocycles. The second-order valence-electron chi connectivity index (χ2n) is 6.41. The molecule has 2 fully saturated rings. The Bertz CT molecular complexity index is 281. The van der Waals surface area contributed by atoms with Crippen LogP contribution in [-0.4, -0.2) is 24.7 Å². The SMILES string of the molecule is C1=CCC(NC2CCCCC2C2CCCN2)CC1. The van der Waals surface area contributed by atoms with Gasteiger partial charge in [0.1, 0.15) is 0 Å². The Morgan fingerprint density at radius 2 is 1.89 bits per heavy atom. The van der Waals surface area contributed by atoms with Crippen molar-refractivity contribution in [3.05, 3.63) is 12.2 Å². The predicted molar refractivity (Wildman–Crippen MR) is 76.7 cm³/mol. The van der Waals surface area contributed by atoms with Crippen molar-refractivity contribution >= 4 is 0 Å². The van der Waals surface area contributed by atoms with Crippen LogP contribution in [0.3, 0.4) is 0 Å². The van der Waals surface area contributed by atoms with Gasteiger partial charge >= 0.3 is 0 Å². The average molecular weight is 248 g/mol. The van der Waals surface area contributed by atoms with Crippen LogP contribution >= 0.6 is 0 Å². The highest BCUT2D eigenvalue weighted by molar-refractivity contribution is 4.97. The normalized spacial score (nSPS) is 41.1. The van der Waals surface area contributed by atoms with E-state index >= 15 is 0 Å². The fraction of sp³-hybridized carbons (Fsp3) is 0.875. The summed E-state index contributed by atoms with van der Waals surface area (Å²) in [5.41, 5.74) is 0. The van der Waals surface area contributed by atoms with Crippen molar-refractivity contribution < 1.29 is 0 Å². The van der Waals surface area contributed by atoms with E-state index < -0.39 is 0 Å². The van der Waals surface area contributed by atoms with E-state index in [1.54, 1.807) is 0 Å². The topological polar surface area (TPSA) is 24.1 Å². The molecule has 0 aromatic rings. The van der Waals surface area contributed by atoms with Crippen LogP contribution in [0.15, 0.2) is 12.2 Å². The third-order valence-corrected chi connectivity index (χ3v) is 5.15. The zero-order chi connectivity index (χ0) is 12.2. The Balaban J connectivity index is 1.58. The summed E-state index contributed by atoms with van der Waals surface area (Å²) < 4.78 is 0. The molecule has 4 unspecified atom stereocenters. The number of allylic oxidation sites excluding steroid dienone is 1. The van der Waals surface area contributed by atoms with Gasteiger partial charge < -0.3 is 10.6 Å². The molecule has 1 heterocycles. The number of hydrogen-bond acceptors (Lipinski definition) is 2. The number of nitrogens with one attached hydrogen (secondary N) is 2. The van der Waals surface area contributed by atoms with Crippen molar-refractivity contribution in [1.82, 2.24) is 10.6 Å². The summed E-state index contributed by atoms with van der Waals surface area (Å²) in [7, 11) is 0. The Labute approximate surface area is 112 Å². The molecule has 18 heavy (non-hydrogen) atoms. The second kappa shape index (κ2) is 6.21. The van der Waals surface area contributed by atoms with E-state index in [0.29, 0.717) is 0 Å². The van der Waals surface area contributed by atoms with Gasteiger partial charge in [-0.2, -0.15) is 0 Å². The van der Waals surface area contributed by atoms with Gasteiger partial charge in [0.25, 0.3) is 0 Å². The van der Waals surface area contributed by atoms with Gasteiger partial charge in [-0.1, -0.05) is 25.0 Å². The predicted octanol–water partition coefficient (Wildman–Crippen LogP) is 3.00. The quantitative estimate of drug-likeness (QED) is 0.750. The zero-order valence-corrected chi connectivity index (χ0v) is 11.5. The van der Waals surface area contributed by atoms with Gasteiger partial charge in [0, 0.05) is 18.1 Å². The van der Waals surface area contributed by atoms with Gasteiger partial charge in [0.15, 0.2) is 0 Å². The fourth-order valence-electron chi connectivity index (χ4n) is 4.17. The molecular formula is C16H28N2. The first-order valence-corrected chi connectivity index (χ1v) is 8.08. The first-order chi connectivity index (χ1) is 8.93. The van der Waals surface area contributed by atoms with Gasteiger partial charge in [-0.3, -0.25) is 0 Å². The minimum Gasteiger partial charge on any atom is -0.314 e. The van der Waals surface area contributed by atoms with Crippen molar-refractivity contribution in [2.45, 2.75) is 75.9 Å². The Morgan fingerprint density at radius 1 is 0.944 bits per heavy atom. The first-order valence-electron chi connectivity index (χ1n) is 8.08. The monoisotopic (exact) mass is 248 g/mol. The molecule has 102 valence electrons. The lowest BCUT2D eigenvalue weighted by molar-refractivity contribution is 0.197. The summed E-state index contributed by atoms with van der Waals surface area (Å²) in [5.74, 6) is 0.896.